The number of likely N-dealkylation sites (tertiary alicyclic amines) is 1. The molecule has 1 aliphatic heterocycles. The van der Waals surface area contributed by atoms with E-state index in [9.17, 15) is 4.39 Å². The average Bonchev–Trinajstić information content (AvgIpc) is 3.01. The van der Waals surface area contributed by atoms with Gasteiger partial charge in [0.25, 0.3) is 0 Å². The van der Waals surface area contributed by atoms with Crippen molar-refractivity contribution in [3.63, 3.8) is 0 Å². The molecule has 1 aromatic heterocycles. The summed E-state index contributed by atoms with van der Waals surface area (Å²) in [5.74, 6) is 1.25. The van der Waals surface area contributed by atoms with E-state index in [0.29, 0.717) is 23.2 Å². The molecule has 0 bridgehead atoms. The molecule has 6 heteroatoms. The van der Waals surface area contributed by atoms with Crippen LogP contribution in [0.3, 0.4) is 0 Å². The van der Waals surface area contributed by atoms with E-state index in [4.69, 9.17) is 13.9 Å². The Labute approximate surface area is 154 Å². The number of oxazole rings is 1. The van der Waals surface area contributed by atoms with Gasteiger partial charge in [0.1, 0.15) is 17.3 Å². The van der Waals surface area contributed by atoms with Gasteiger partial charge in [-0.05, 0) is 50.9 Å². The lowest BCUT2D eigenvalue weighted by Gasteiger charge is -2.35. The van der Waals surface area contributed by atoms with Crippen molar-refractivity contribution in [3.8, 4) is 17.2 Å². The van der Waals surface area contributed by atoms with Gasteiger partial charge in [-0.15, -0.1) is 0 Å². The van der Waals surface area contributed by atoms with E-state index in [1.54, 1.807) is 26.4 Å². The number of nitrogens with zero attached hydrogens (tertiary/aromatic N) is 2. The van der Waals surface area contributed by atoms with Gasteiger partial charge in [-0.3, -0.25) is 4.90 Å². The smallest absolute Gasteiger partial charge is 0.229 e. The average molecular weight is 362 g/mol. The highest BCUT2D eigenvalue weighted by Gasteiger charge is 2.25. The van der Waals surface area contributed by atoms with E-state index in [1.807, 2.05) is 6.92 Å². The SMILES string of the molecule is COCCC1CCCCN1Cc1nc(-c2cc(OC)ccc2F)oc1C. The van der Waals surface area contributed by atoms with Crippen molar-refractivity contribution in [2.24, 2.45) is 0 Å². The molecule has 0 saturated carbocycles. The first-order chi connectivity index (χ1) is 12.6. The molecule has 2 heterocycles. The molecule has 1 fully saturated rings. The third-order valence-electron chi connectivity index (χ3n) is 5.05. The van der Waals surface area contributed by atoms with E-state index in [1.165, 1.54) is 25.3 Å². The highest BCUT2D eigenvalue weighted by Crippen LogP contribution is 2.29. The normalized spacial score (nSPS) is 18.2. The van der Waals surface area contributed by atoms with Gasteiger partial charge in [-0.2, -0.15) is 0 Å². The molecule has 0 spiro atoms. The predicted molar refractivity (Wildman–Crippen MR) is 97.7 cm³/mol. The number of hydrogen-bond donors (Lipinski definition) is 0. The molecule has 0 amide bonds. The zero-order valence-electron chi connectivity index (χ0n) is 15.8. The van der Waals surface area contributed by atoms with Crippen molar-refractivity contribution < 1.29 is 18.3 Å². The number of rotatable bonds is 7. The summed E-state index contributed by atoms with van der Waals surface area (Å²) in [5.41, 5.74) is 1.19. The van der Waals surface area contributed by atoms with Gasteiger partial charge < -0.3 is 13.9 Å². The second-order valence-corrected chi connectivity index (χ2v) is 6.77. The summed E-state index contributed by atoms with van der Waals surface area (Å²) in [6.45, 7) is 4.41. The fourth-order valence-electron chi connectivity index (χ4n) is 3.53. The summed E-state index contributed by atoms with van der Waals surface area (Å²) in [6, 6.07) is 5.08. The van der Waals surface area contributed by atoms with Gasteiger partial charge in [0.05, 0.1) is 18.4 Å². The van der Waals surface area contributed by atoms with Gasteiger partial charge >= 0.3 is 0 Å². The van der Waals surface area contributed by atoms with E-state index in [2.05, 4.69) is 9.88 Å². The molecule has 142 valence electrons. The lowest BCUT2D eigenvalue weighted by molar-refractivity contribution is 0.0961. The molecular weight excluding hydrogens is 335 g/mol. The molecule has 2 aromatic rings. The summed E-state index contributed by atoms with van der Waals surface area (Å²) >= 11 is 0. The van der Waals surface area contributed by atoms with Gasteiger partial charge in [0.15, 0.2) is 0 Å². The third-order valence-corrected chi connectivity index (χ3v) is 5.05. The Balaban J connectivity index is 1.79. The second kappa shape index (κ2) is 8.64. The zero-order valence-corrected chi connectivity index (χ0v) is 15.8. The number of halogens is 1. The Kier molecular flexibility index (Phi) is 6.27. The number of piperidine rings is 1. The third kappa shape index (κ3) is 4.24. The van der Waals surface area contributed by atoms with Gasteiger partial charge in [-0.25, -0.2) is 9.37 Å². The molecular formula is C20H27FN2O3. The summed E-state index contributed by atoms with van der Waals surface area (Å²) in [5, 5.41) is 0. The summed E-state index contributed by atoms with van der Waals surface area (Å²) in [4.78, 5) is 7.03. The maximum atomic E-state index is 14.2. The molecule has 1 aromatic carbocycles. The van der Waals surface area contributed by atoms with Crippen LogP contribution in [0.25, 0.3) is 11.5 Å². The number of hydrogen-bond acceptors (Lipinski definition) is 5. The van der Waals surface area contributed by atoms with Crippen LogP contribution in [0.1, 0.15) is 37.1 Å². The topological polar surface area (TPSA) is 47.7 Å². The molecule has 0 radical (unpaired) electrons. The van der Waals surface area contributed by atoms with Crippen molar-refractivity contribution in [3.05, 3.63) is 35.5 Å². The van der Waals surface area contributed by atoms with Crippen LogP contribution in [0, 0.1) is 12.7 Å². The van der Waals surface area contributed by atoms with Crippen LogP contribution in [-0.4, -0.2) is 43.3 Å². The quantitative estimate of drug-likeness (QED) is 0.739. The molecule has 3 rings (SSSR count). The number of aryl methyl sites for hydroxylation is 1. The van der Waals surface area contributed by atoms with Gasteiger partial charge in [0, 0.05) is 26.3 Å². The number of ether oxygens (including phenoxy) is 2. The molecule has 1 atom stereocenters. The Morgan fingerprint density at radius 2 is 2.15 bits per heavy atom. The fourth-order valence-corrected chi connectivity index (χ4v) is 3.53. The van der Waals surface area contributed by atoms with Crippen LogP contribution < -0.4 is 4.74 Å². The second-order valence-electron chi connectivity index (χ2n) is 6.77. The zero-order chi connectivity index (χ0) is 18.5. The van der Waals surface area contributed by atoms with Crippen LogP contribution in [0.15, 0.2) is 22.6 Å². The van der Waals surface area contributed by atoms with Crippen molar-refractivity contribution in [1.82, 2.24) is 9.88 Å². The largest absolute Gasteiger partial charge is 0.497 e. The van der Waals surface area contributed by atoms with Crippen molar-refractivity contribution in [1.29, 1.82) is 0 Å². The minimum atomic E-state index is -0.366. The van der Waals surface area contributed by atoms with E-state index < -0.39 is 0 Å². The van der Waals surface area contributed by atoms with E-state index >= 15 is 0 Å². The van der Waals surface area contributed by atoms with Crippen LogP contribution in [0.2, 0.25) is 0 Å². The lowest BCUT2D eigenvalue weighted by Crippen LogP contribution is -2.39. The van der Waals surface area contributed by atoms with Crippen LogP contribution >= 0.6 is 0 Å². The summed E-state index contributed by atoms with van der Waals surface area (Å²) in [7, 11) is 3.30. The Morgan fingerprint density at radius 1 is 1.31 bits per heavy atom. The number of methoxy groups -OCH3 is 2. The first kappa shape index (κ1) is 18.9. The summed E-state index contributed by atoms with van der Waals surface area (Å²) in [6.07, 6.45) is 4.64. The maximum absolute atomic E-state index is 14.2. The minimum Gasteiger partial charge on any atom is -0.497 e. The molecule has 1 saturated heterocycles. The monoisotopic (exact) mass is 362 g/mol. The molecule has 0 N–H and O–H groups in total. The molecule has 1 aliphatic rings. The number of aromatic nitrogens is 1. The minimum absolute atomic E-state index is 0.305. The Hall–Kier alpha value is -1.92. The first-order valence-electron chi connectivity index (χ1n) is 9.15. The van der Waals surface area contributed by atoms with Crippen LogP contribution in [-0.2, 0) is 11.3 Å². The number of benzene rings is 1. The van der Waals surface area contributed by atoms with Gasteiger partial charge in [0.2, 0.25) is 5.89 Å². The highest BCUT2D eigenvalue weighted by atomic mass is 19.1. The first-order valence-corrected chi connectivity index (χ1v) is 9.15. The van der Waals surface area contributed by atoms with Crippen molar-refractivity contribution >= 4 is 0 Å². The molecule has 1 unspecified atom stereocenters. The fraction of sp³-hybridized carbons (Fsp3) is 0.550. The predicted octanol–water partition coefficient (Wildman–Crippen LogP) is 4.19. The van der Waals surface area contributed by atoms with Crippen LogP contribution in [0.4, 0.5) is 4.39 Å². The van der Waals surface area contributed by atoms with E-state index in [0.717, 1.165) is 37.6 Å². The Morgan fingerprint density at radius 3 is 2.92 bits per heavy atom. The maximum Gasteiger partial charge on any atom is 0.229 e. The molecule has 5 nitrogen and oxygen atoms in total. The van der Waals surface area contributed by atoms with Crippen LogP contribution in [0.5, 0.6) is 5.75 Å². The van der Waals surface area contributed by atoms with Crippen molar-refractivity contribution in [2.45, 2.75) is 45.2 Å². The molecule has 26 heavy (non-hydrogen) atoms. The molecule has 0 aliphatic carbocycles. The van der Waals surface area contributed by atoms with Gasteiger partial charge in [-0.1, -0.05) is 6.42 Å². The summed E-state index contributed by atoms with van der Waals surface area (Å²) < 4.78 is 30.4. The standard InChI is InChI=1S/C20H27FN2O3/c1-14-19(13-23-10-5-4-6-15(23)9-11-24-2)22-20(26-14)17-12-16(25-3)7-8-18(17)21/h7-8,12,15H,4-6,9-11,13H2,1-3H3. The highest BCUT2D eigenvalue weighted by molar-refractivity contribution is 5.57. The van der Waals surface area contributed by atoms with Crippen molar-refractivity contribution in [2.75, 3.05) is 27.4 Å². The van der Waals surface area contributed by atoms with E-state index in [-0.39, 0.29) is 5.82 Å². The lowest BCUT2D eigenvalue weighted by atomic mass is 9.99. The Bertz CT molecular complexity index is 732.